The first-order valence-electron chi connectivity index (χ1n) is 6.21. The molecule has 1 unspecified atom stereocenters. The molecule has 0 aliphatic heterocycles. The van der Waals surface area contributed by atoms with Crippen LogP contribution in [0.4, 0.5) is 0 Å². The molecule has 0 amide bonds. The fourth-order valence-electron chi connectivity index (χ4n) is 2.32. The second kappa shape index (κ2) is 7.53. The summed E-state index contributed by atoms with van der Waals surface area (Å²) in [5.41, 5.74) is 0. The number of hydrogen-bond donors (Lipinski definition) is 1. The van der Waals surface area contributed by atoms with Gasteiger partial charge in [0.25, 0.3) is 0 Å². The molecule has 0 heterocycles. The molecule has 15 heavy (non-hydrogen) atoms. The minimum atomic E-state index is 0.799. The summed E-state index contributed by atoms with van der Waals surface area (Å²) in [5.74, 6) is 0.935. The first-order valence-corrected chi connectivity index (χ1v) is 7.39. The fourth-order valence-corrected chi connectivity index (χ4v) is 2.63. The molecule has 0 aromatic rings. The summed E-state index contributed by atoms with van der Waals surface area (Å²) < 4.78 is 2.30. The molecule has 0 spiro atoms. The van der Waals surface area contributed by atoms with Crippen LogP contribution >= 0.6 is 11.9 Å². The van der Waals surface area contributed by atoms with E-state index in [1.165, 1.54) is 45.2 Å². The predicted octanol–water partition coefficient (Wildman–Crippen LogP) is 2.75. The Labute approximate surface area is 99.3 Å². The van der Waals surface area contributed by atoms with Crippen LogP contribution in [0.5, 0.6) is 0 Å². The molecule has 0 bridgehead atoms. The van der Waals surface area contributed by atoms with Gasteiger partial charge in [-0.2, -0.15) is 0 Å². The molecule has 3 heteroatoms. The van der Waals surface area contributed by atoms with Crippen molar-refractivity contribution < 1.29 is 0 Å². The Kier molecular flexibility index (Phi) is 6.69. The Bertz CT molecular complexity index is 164. The molecule has 1 fully saturated rings. The lowest BCUT2D eigenvalue weighted by atomic mass is 9.87. The van der Waals surface area contributed by atoms with Crippen molar-refractivity contribution >= 4 is 11.9 Å². The standard InChI is InChI=1S/C12H26N2S/c1-11-6-4-7-12(10-11)13-8-5-9-14(2)15-3/h11-13H,4-10H2,1-3H3/t11?,12-/m1/s1. The van der Waals surface area contributed by atoms with Crippen molar-refractivity contribution in [3.05, 3.63) is 0 Å². The Morgan fingerprint density at radius 3 is 2.87 bits per heavy atom. The van der Waals surface area contributed by atoms with Crippen molar-refractivity contribution in [2.24, 2.45) is 5.92 Å². The van der Waals surface area contributed by atoms with Crippen molar-refractivity contribution in [3.8, 4) is 0 Å². The summed E-state index contributed by atoms with van der Waals surface area (Å²) in [6, 6.07) is 0.799. The van der Waals surface area contributed by atoms with E-state index in [0.717, 1.165) is 12.0 Å². The lowest BCUT2D eigenvalue weighted by Gasteiger charge is -2.27. The highest BCUT2D eigenvalue weighted by atomic mass is 32.2. The van der Waals surface area contributed by atoms with E-state index in [1.807, 2.05) is 11.9 Å². The number of rotatable bonds is 6. The highest BCUT2D eigenvalue weighted by molar-refractivity contribution is 7.96. The highest BCUT2D eigenvalue weighted by Crippen LogP contribution is 2.23. The topological polar surface area (TPSA) is 15.3 Å². The zero-order valence-corrected chi connectivity index (χ0v) is 11.3. The van der Waals surface area contributed by atoms with Gasteiger partial charge in [-0.15, -0.1) is 0 Å². The van der Waals surface area contributed by atoms with Crippen LogP contribution in [0.15, 0.2) is 0 Å². The van der Waals surface area contributed by atoms with E-state index in [-0.39, 0.29) is 0 Å². The third kappa shape index (κ3) is 5.79. The molecule has 0 radical (unpaired) electrons. The van der Waals surface area contributed by atoms with Gasteiger partial charge in [-0.1, -0.05) is 31.7 Å². The highest BCUT2D eigenvalue weighted by Gasteiger charge is 2.17. The molecule has 2 nitrogen and oxygen atoms in total. The average Bonchev–Trinajstić information content (AvgIpc) is 2.24. The summed E-state index contributed by atoms with van der Waals surface area (Å²) in [4.78, 5) is 0. The van der Waals surface area contributed by atoms with Gasteiger partial charge < -0.3 is 5.32 Å². The van der Waals surface area contributed by atoms with Crippen LogP contribution < -0.4 is 5.32 Å². The maximum Gasteiger partial charge on any atom is 0.00982 e. The van der Waals surface area contributed by atoms with E-state index < -0.39 is 0 Å². The summed E-state index contributed by atoms with van der Waals surface area (Å²) in [5, 5.41) is 3.70. The van der Waals surface area contributed by atoms with Crippen molar-refractivity contribution in [3.63, 3.8) is 0 Å². The van der Waals surface area contributed by atoms with Crippen LogP contribution in [0.2, 0.25) is 0 Å². The van der Waals surface area contributed by atoms with Gasteiger partial charge >= 0.3 is 0 Å². The molecule has 0 saturated heterocycles. The van der Waals surface area contributed by atoms with Crippen LogP contribution in [0.3, 0.4) is 0 Å². The van der Waals surface area contributed by atoms with E-state index in [4.69, 9.17) is 0 Å². The van der Waals surface area contributed by atoms with E-state index >= 15 is 0 Å². The summed E-state index contributed by atoms with van der Waals surface area (Å²) in [6.45, 7) is 4.76. The Morgan fingerprint density at radius 2 is 2.20 bits per heavy atom. The first kappa shape index (κ1) is 13.3. The molecule has 2 atom stereocenters. The Morgan fingerprint density at radius 1 is 1.40 bits per heavy atom. The van der Waals surface area contributed by atoms with Gasteiger partial charge in [-0.05, 0) is 45.0 Å². The van der Waals surface area contributed by atoms with E-state index in [0.29, 0.717) is 0 Å². The van der Waals surface area contributed by atoms with Crippen LogP contribution in [-0.2, 0) is 0 Å². The maximum absolute atomic E-state index is 3.70. The summed E-state index contributed by atoms with van der Waals surface area (Å²) in [6.07, 6.45) is 9.04. The van der Waals surface area contributed by atoms with Crippen LogP contribution in [0, 0.1) is 5.92 Å². The van der Waals surface area contributed by atoms with Crippen LogP contribution in [0.1, 0.15) is 39.0 Å². The van der Waals surface area contributed by atoms with Crippen LogP contribution in [-0.4, -0.2) is 36.7 Å². The SMILES string of the molecule is CSN(C)CCCN[C@@H]1CCCC(C)C1. The first-order chi connectivity index (χ1) is 7.22. The van der Waals surface area contributed by atoms with Gasteiger partial charge in [-0.3, -0.25) is 4.31 Å². The second-order valence-corrected chi connectivity index (χ2v) is 5.80. The van der Waals surface area contributed by atoms with Gasteiger partial charge in [0.05, 0.1) is 0 Å². The lowest BCUT2D eigenvalue weighted by molar-refractivity contribution is 0.299. The molecule has 1 aliphatic carbocycles. The third-order valence-electron chi connectivity index (χ3n) is 3.33. The van der Waals surface area contributed by atoms with Crippen LogP contribution in [0.25, 0.3) is 0 Å². The Balaban J connectivity index is 1.99. The van der Waals surface area contributed by atoms with Gasteiger partial charge in [0.2, 0.25) is 0 Å². The minimum Gasteiger partial charge on any atom is -0.314 e. The lowest BCUT2D eigenvalue weighted by Crippen LogP contribution is -2.34. The van der Waals surface area contributed by atoms with E-state index in [1.54, 1.807) is 0 Å². The average molecular weight is 230 g/mol. The molecule has 1 saturated carbocycles. The molecular formula is C12H26N2S. The number of nitrogens with zero attached hydrogens (tertiary/aromatic N) is 1. The summed E-state index contributed by atoms with van der Waals surface area (Å²) >= 11 is 1.82. The van der Waals surface area contributed by atoms with Crippen molar-refractivity contribution in [1.82, 2.24) is 9.62 Å². The largest absolute Gasteiger partial charge is 0.314 e. The van der Waals surface area contributed by atoms with Crippen molar-refractivity contribution in [2.45, 2.75) is 45.1 Å². The van der Waals surface area contributed by atoms with Gasteiger partial charge in [0.15, 0.2) is 0 Å². The normalized spacial score (nSPS) is 27.2. The maximum atomic E-state index is 3.70. The van der Waals surface area contributed by atoms with E-state index in [2.05, 4.69) is 29.8 Å². The van der Waals surface area contributed by atoms with E-state index in [9.17, 15) is 0 Å². The zero-order chi connectivity index (χ0) is 11.1. The van der Waals surface area contributed by atoms with Crippen molar-refractivity contribution in [2.75, 3.05) is 26.4 Å². The van der Waals surface area contributed by atoms with Gasteiger partial charge in [0, 0.05) is 12.6 Å². The molecule has 0 aromatic carbocycles. The molecule has 0 aromatic heterocycles. The minimum absolute atomic E-state index is 0.799. The quantitative estimate of drug-likeness (QED) is 0.558. The number of nitrogens with one attached hydrogen (secondary N) is 1. The zero-order valence-electron chi connectivity index (χ0n) is 10.5. The smallest absolute Gasteiger partial charge is 0.00982 e. The number of hydrogen-bond acceptors (Lipinski definition) is 3. The molecule has 1 N–H and O–H groups in total. The molecule has 1 rings (SSSR count). The second-order valence-electron chi connectivity index (χ2n) is 4.81. The molecule has 90 valence electrons. The van der Waals surface area contributed by atoms with Crippen molar-refractivity contribution in [1.29, 1.82) is 0 Å². The summed E-state index contributed by atoms with van der Waals surface area (Å²) in [7, 11) is 2.16. The third-order valence-corrected chi connectivity index (χ3v) is 4.14. The monoisotopic (exact) mass is 230 g/mol. The molecular weight excluding hydrogens is 204 g/mol. The fraction of sp³-hybridized carbons (Fsp3) is 1.00. The van der Waals surface area contributed by atoms with Gasteiger partial charge in [0.1, 0.15) is 0 Å². The van der Waals surface area contributed by atoms with Gasteiger partial charge in [-0.25, -0.2) is 0 Å². The molecule has 1 aliphatic rings. The Hall–Kier alpha value is 0.270. The predicted molar refractivity (Wildman–Crippen MR) is 70.2 cm³/mol.